The summed E-state index contributed by atoms with van der Waals surface area (Å²) in [6, 6.07) is 1.91. The van der Waals surface area contributed by atoms with Gasteiger partial charge in [0.1, 0.15) is 17.5 Å². The van der Waals surface area contributed by atoms with Crippen molar-refractivity contribution < 1.29 is 0 Å². The van der Waals surface area contributed by atoms with Crippen LogP contribution < -0.4 is 5.32 Å². The Kier molecular flexibility index (Phi) is 4.09. The van der Waals surface area contributed by atoms with E-state index in [9.17, 15) is 0 Å². The van der Waals surface area contributed by atoms with Gasteiger partial charge in [0.25, 0.3) is 0 Å². The van der Waals surface area contributed by atoms with Crippen LogP contribution in [0.4, 0.5) is 5.82 Å². The second kappa shape index (κ2) is 5.77. The summed E-state index contributed by atoms with van der Waals surface area (Å²) in [7, 11) is 0. The number of rotatable bonds is 5. The number of aryl methyl sites for hydroxylation is 3. The van der Waals surface area contributed by atoms with Crippen LogP contribution in [0.5, 0.6) is 0 Å². The third kappa shape index (κ3) is 2.89. The van der Waals surface area contributed by atoms with Crippen molar-refractivity contribution in [2.75, 3.05) is 11.9 Å². The van der Waals surface area contributed by atoms with Crippen molar-refractivity contribution in [3.05, 3.63) is 23.5 Å². The minimum Gasteiger partial charge on any atom is -0.370 e. The molecule has 2 aromatic heterocycles. The monoisotopic (exact) mass is 260 g/mol. The van der Waals surface area contributed by atoms with Crippen molar-refractivity contribution in [3.63, 3.8) is 0 Å². The summed E-state index contributed by atoms with van der Waals surface area (Å²) in [5, 5.41) is 7.70. The van der Waals surface area contributed by atoms with E-state index < -0.39 is 0 Å². The molecule has 1 N–H and O–H groups in total. The smallest absolute Gasteiger partial charge is 0.161 e. The van der Waals surface area contributed by atoms with Crippen molar-refractivity contribution in [1.82, 2.24) is 24.7 Å². The van der Waals surface area contributed by atoms with Crippen molar-refractivity contribution in [2.45, 2.75) is 40.5 Å². The lowest BCUT2D eigenvalue weighted by atomic mass is 10.4. The van der Waals surface area contributed by atoms with Crippen LogP contribution in [0.2, 0.25) is 0 Å². The van der Waals surface area contributed by atoms with Crippen molar-refractivity contribution >= 4 is 5.82 Å². The number of aromatic nitrogens is 5. The molecule has 0 amide bonds. The van der Waals surface area contributed by atoms with Crippen LogP contribution in [0.3, 0.4) is 0 Å². The van der Waals surface area contributed by atoms with E-state index in [2.05, 4.69) is 39.2 Å². The maximum absolute atomic E-state index is 4.50. The summed E-state index contributed by atoms with van der Waals surface area (Å²) >= 11 is 0. The number of hydrogen-bond acceptors (Lipinski definition) is 5. The molecule has 6 nitrogen and oxygen atoms in total. The molecule has 0 aliphatic heterocycles. The van der Waals surface area contributed by atoms with Gasteiger partial charge < -0.3 is 5.32 Å². The molecule has 2 heterocycles. The molecule has 0 spiro atoms. The second-order valence-electron chi connectivity index (χ2n) is 4.25. The molecule has 19 heavy (non-hydrogen) atoms. The van der Waals surface area contributed by atoms with Crippen molar-refractivity contribution in [3.8, 4) is 5.82 Å². The van der Waals surface area contributed by atoms with Crippen LogP contribution in [0.15, 0.2) is 6.07 Å². The second-order valence-corrected chi connectivity index (χ2v) is 4.25. The van der Waals surface area contributed by atoms with Gasteiger partial charge in [-0.1, -0.05) is 13.8 Å². The molecule has 2 aromatic rings. The zero-order valence-electron chi connectivity index (χ0n) is 11.9. The van der Waals surface area contributed by atoms with E-state index in [1.54, 1.807) is 0 Å². The van der Waals surface area contributed by atoms with Gasteiger partial charge >= 0.3 is 0 Å². The molecule has 0 radical (unpaired) electrons. The van der Waals surface area contributed by atoms with Gasteiger partial charge in [0.05, 0.1) is 0 Å². The highest BCUT2D eigenvalue weighted by atomic mass is 15.4. The van der Waals surface area contributed by atoms with Gasteiger partial charge in [-0.3, -0.25) is 0 Å². The summed E-state index contributed by atoms with van der Waals surface area (Å²) in [6.45, 7) is 8.87. The number of nitrogens with zero attached hydrogens (tertiary/aromatic N) is 5. The number of nitrogens with one attached hydrogen (secondary N) is 1. The molecule has 0 saturated carbocycles. The summed E-state index contributed by atoms with van der Waals surface area (Å²) in [6.07, 6.45) is 1.65. The average molecular weight is 260 g/mol. The zero-order valence-corrected chi connectivity index (χ0v) is 11.9. The third-order valence-corrected chi connectivity index (χ3v) is 2.75. The third-order valence-electron chi connectivity index (χ3n) is 2.75. The summed E-state index contributed by atoms with van der Waals surface area (Å²) in [4.78, 5) is 13.3. The van der Waals surface area contributed by atoms with E-state index in [1.807, 2.05) is 24.6 Å². The Labute approximate surface area is 113 Å². The summed E-state index contributed by atoms with van der Waals surface area (Å²) < 4.78 is 1.81. The van der Waals surface area contributed by atoms with E-state index >= 15 is 0 Å². The first-order chi connectivity index (χ1) is 9.17. The van der Waals surface area contributed by atoms with Gasteiger partial charge in [0.2, 0.25) is 0 Å². The minimum absolute atomic E-state index is 0.726. The highest BCUT2D eigenvalue weighted by molar-refractivity contribution is 5.41. The highest BCUT2D eigenvalue weighted by Crippen LogP contribution is 2.13. The first-order valence-electron chi connectivity index (χ1n) is 6.72. The topological polar surface area (TPSA) is 68.5 Å². The van der Waals surface area contributed by atoms with Crippen molar-refractivity contribution in [1.29, 1.82) is 0 Å². The van der Waals surface area contributed by atoms with Gasteiger partial charge in [0.15, 0.2) is 11.6 Å². The first kappa shape index (κ1) is 13.5. The average Bonchev–Trinajstić information content (AvgIpc) is 2.81. The van der Waals surface area contributed by atoms with Gasteiger partial charge in [-0.05, 0) is 13.8 Å². The van der Waals surface area contributed by atoms with Crippen LogP contribution >= 0.6 is 0 Å². The molecule has 0 aromatic carbocycles. The van der Waals surface area contributed by atoms with E-state index in [0.29, 0.717) is 0 Å². The lowest BCUT2D eigenvalue weighted by Crippen LogP contribution is -2.09. The molecule has 0 aliphatic rings. The standard InChI is InChI=1S/C13H20N6/c1-5-10-17-12(6-2)19(18-10)13-8-11(14-7-3)15-9(4)16-13/h8H,5-7H2,1-4H3,(H,14,15,16). The van der Waals surface area contributed by atoms with Crippen LogP contribution in [0.1, 0.15) is 38.2 Å². The Morgan fingerprint density at radius 1 is 1.11 bits per heavy atom. The Balaban J connectivity index is 2.48. The number of hydrogen-bond donors (Lipinski definition) is 1. The molecule has 2 rings (SSSR count). The SMILES string of the molecule is CCNc1cc(-n2nc(CC)nc2CC)nc(C)n1. The maximum Gasteiger partial charge on any atom is 0.161 e. The predicted octanol–water partition coefficient (Wildman–Crippen LogP) is 1.92. The van der Waals surface area contributed by atoms with Crippen molar-refractivity contribution in [2.24, 2.45) is 0 Å². The molecule has 0 aliphatic carbocycles. The Bertz CT molecular complexity index is 560. The minimum atomic E-state index is 0.726. The maximum atomic E-state index is 4.50. The molecular formula is C13H20N6. The quantitative estimate of drug-likeness (QED) is 0.889. The largest absolute Gasteiger partial charge is 0.370 e. The van der Waals surface area contributed by atoms with Crippen LogP contribution in [0, 0.1) is 6.92 Å². The molecule has 0 unspecified atom stereocenters. The molecule has 0 saturated heterocycles. The Hall–Kier alpha value is -1.98. The Morgan fingerprint density at radius 2 is 1.89 bits per heavy atom. The van der Waals surface area contributed by atoms with E-state index in [0.717, 1.165) is 48.5 Å². The molecule has 0 fully saturated rings. The van der Waals surface area contributed by atoms with Gasteiger partial charge in [-0.2, -0.15) is 4.68 Å². The van der Waals surface area contributed by atoms with E-state index in [4.69, 9.17) is 0 Å². The predicted molar refractivity (Wildman–Crippen MR) is 74.6 cm³/mol. The summed E-state index contributed by atoms with van der Waals surface area (Å²) in [5.74, 6) is 4.09. The lowest BCUT2D eigenvalue weighted by molar-refractivity contribution is 0.760. The fraction of sp³-hybridized carbons (Fsp3) is 0.538. The molecule has 0 atom stereocenters. The van der Waals surface area contributed by atoms with Gasteiger partial charge in [-0.25, -0.2) is 15.0 Å². The van der Waals surface area contributed by atoms with Crippen LogP contribution in [-0.2, 0) is 12.8 Å². The summed E-state index contributed by atoms with van der Waals surface area (Å²) in [5.41, 5.74) is 0. The first-order valence-corrected chi connectivity index (χ1v) is 6.72. The Morgan fingerprint density at radius 3 is 2.53 bits per heavy atom. The van der Waals surface area contributed by atoms with Gasteiger partial charge in [-0.15, -0.1) is 5.10 Å². The van der Waals surface area contributed by atoms with Crippen LogP contribution in [0.25, 0.3) is 5.82 Å². The molecular weight excluding hydrogens is 240 g/mol. The highest BCUT2D eigenvalue weighted by Gasteiger charge is 2.11. The fourth-order valence-electron chi connectivity index (χ4n) is 1.89. The zero-order chi connectivity index (χ0) is 13.8. The molecule has 6 heteroatoms. The molecule has 0 bridgehead atoms. The van der Waals surface area contributed by atoms with Crippen LogP contribution in [-0.4, -0.2) is 31.3 Å². The van der Waals surface area contributed by atoms with Gasteiger partial charge in [0, 0.05) is 25.5 Å². The molecule has 102 valence electrons. The lowest BCUT2D eigenvalue weighted by Gasteiger charge is -2.08. The fourth-order valence-corrected chi connectivity index (χ4v) is 1.89. The van der Waals surface area contributed by atoms with E-state index in [1.165, 1.54) is 0 Å². The van der Waals surface area contributed by atoms with E-state index in [-0.39, 0.29) is 0 Å². The normalized spacial score (nSPS) is 10.7. The number of anilines is 1.